The van der Waals surface area contributed by atoms with E-state index in [-0.39, 0.29) is 18.9 Å². The van der Waals surface area contributed by atoms with Crippen molar-refractivity contribution in [1.29, 1.82) is 0 Å². The van der Waals surface area contributed by atoms with Crippen molar-refractivity contribution in [3.8, 4) is 22.7 Å². The van der Waals surface area contributed by atoms with Gasteiger partial charge in [-0.15, -0.1) is 0 Å². The second kappa shape index (κ2) is 11.1. The predicted octanol–water partition coefficient (Wildman–Crippen LogP) is 5.66. The number of carboxylic acid groups (broad SMARTS) is 1. The standard InChI is InChI=1S/C25H22ClN3O4S2/c1-2-33-20-11-10-16(13-19(20)26)23-17(15-29(27-23)18-7-4-3-5-8-18)14-21-24(32)28(25(34)35-21)12-6-9-22(30)31/h3-5,7-8,10-11,13-15H,2,6,9,12H2,1H3,(H,30,31). The first kappa shape index (κ1) is 25.0. The van der Waals surface area contributed by atoms with Gasteiger partial charge in [0, 0.05) is 30.3 Å². The highest BCUT2D eigenvalue weighted by atomic mass is 35.5. The number of thiocarbonyl (C=S) groups is 1. The second-order valence-electron chi connectivity index (χ2n) is 7.62. The molecule has 0 unspecified atom stereocenters. The largest absolute Gasteiger partial charge is 0.492 e. The molecule has 1 fully saturated rings. The monoisotopic (exact) mass is 527 g/mol. The molecule has 0 bridgehead atoms. The molecule has 1 saturated heterocycles. The van der Waals surface area contributed by atoms with Crippen LogP contribution in [0.25, 0.3) is 23.0 Å². The number of carbonyl (C=O) groups excluding carboxylic acids is 1. The zero-order valence-corrected chi connectivity index (χ0v) is 21.2. The van der Waals surface area contributed by atoms with Gasteiger partial charge in [0.25, 0.3) is 5.91 Å². The molecule has 2 heterocycles. The highest BCUT2D eigenvalue weighted by Crippen LogP contribution is 2.36. The van der Waals surface area contributed by atoms with Gasteiger partial charge in [0.2, 0.25) is 0 Å². The number of halogens is 1. The number of carboxylic acids is 1. The minimum Gasteiger partial charge on any atom is -0.492 e. The van der Waals surface area contributed by atoms with Crippen LogP contribution < -0.4 is 4.74 Å². The molecule has 0 radical (unpaired) electrons. The fraction of sp³-hybridized carbons (Fsp3) is 0.200. The van der Waals surface area contributed by atoms with Crippen LogP contribution in [-0.4, -0.2) is 49.1 Å². The van der Waals surface area contributed by atoms with Crippen molar-refractivity contribution in [2.75, 3.05) is 13.2 Å². The van der Waals surface area contributed by atoms with Crippen molar-refractivity contribution in [3.63, 3.8) is 0 Å². The number of carbonyl (C=O) groups is 2. The summed E-state index contributed by atoms with van der Waals surface area (Å²) in [5.41, 5.74) is 3.01. The summed E-state index contributed by atoms with van der Waals surface area (Å²) in [6.07, 6.45) is 3.92. The number of benzene rings is 2. The first-order valence-electron chi connectivity index (χ1n) is 10.9. The number of thioether (sulfide) groups is 1. The number of para-hydroxylation sites is 1. The quantitative estimate of drug-likeness (QED) is 0.284. The summed E-state index contributed by atoms with van der Waals surface area (Å²) in [5.74, 6) is -0.560. The van der Waals surface area contributed by atoms with Crippen molar-refractivity contribution in [3.05, 3.63) is 70.2 Å². The predicted molar refractivity (Wildman–Crippen MR) is 142 cm³/mol. The molecule has 10 heteroatoms. The molecular weight excluding hydrogens is 506 g/mol. The molecule has 0 atom stereocenters. The van der Waals surface area contributed by atoms with Gasteiger partial charge < -0.3 is 9.84 Å². The van der Waals surface area contributed by atoms with Crippen LogP contribution in [0.5, 0.6) is 5.75 Å². The summed E-state index contributed by atoms with van der Waals surface area (Å²) < 4.78 is 7.71. The number of aliphatic carboxylic acids is 1. The van der Waals surface area contributed by atoms with E-state index in [1.54, 1.807) is 22.9 Å². The summed E-state index contributed by atoms with van der Waals surface area (Å²) in [6.45, 7) is 2.65. The maximum absolute atomic E-state index is 13.0. The van der Waals surface area contributed by atoms with E-state index >= 15 is 0 Å². The lowest BCUT2D eigenvalue weighted by atomic mass is 10.1. The van der Waals surface area contributed by atoms with Crippen LogP contribution in [0.2, 0.25) is 5.02 Å². The Morgan fingerprint density at radius 3 is 2.71 bits per heavy atom. The molecule has 1 aromatic heterocycles. The third kappa shape index (κ3) is 5.75. The molecule has 4 rings (SSSR count). The summed E-state index contributed by atoms with van der Waals surface area (Å²) in [6, 6.07) is 15.1. The molecule has 0 aliphatic carbocycles. The Kier molecular flexibility index (Phi) is 7.90. The number of ether oxygens (including phenoxy) is 1. The molecule has 35 heavy (non-hydrogen) atoms. The van der Waals surface area contributed by atoms with E-state index in [0.717, 1.165) is 16.8 Å². The van der Waals surface area contributed by atoms with E-state index in [0.29, 0.717) is 38.7 Å². The number of aromatic nitrogens is 2. The van der Waals surface area contributed by atoms with Crippen LogP contribution in [0.4, 0.5) is 0 Å². The number of hydrogen-bond donors (Lipinski definition) is 1. The zero-order valence-electron chi connectivity index (χ0n) is 18.8. The van der Waals surface area contributed by atoms with Crippen LogP contribution in [-0.2, 0) is 9.59 Å². The summed E-state index contributed by atoms with van der Waals surface area (Å²) in [7, 11) is 0. The van der Waals surface area contributed by atoms with Gasteiger partial charge in [0.05, 0.1) is 22.2 Å². The first-order valence-corrected chi connectivity index (χ1v) is 12.5. The van der Waals surface area contributed by atoms with E-state index in [2.05, 4.69) is 0 Å². The van der Waals surface area contributed by atoms with E-state index in [1.165, 1.54) is 16.7 Å². The molecule has 2 aromatic carbocycles. The molecule has 1 aliphatic heterocycles. The van der Waals surface area contributed by atoms with Gasteiger partial charge in [0.1, 0.15) is 15.8 Å². The molecular formula is C25H22ClN3O4S2. The second-order valence-corrected chi connectivity index (χ2v) is 9.70. The van der Waals surface area contributed by atoms with E-state index < -0.39 is 5.97 Å². The number of hydrogen-bond acceptors (Lipinski definition) is 6. The molecule has 3 aromatic rings. The number of nitrogens with zero attached hydrogens (tertiary/aromatic N) is 3. The Morgan fingerprint density at radius 1 is 1.26 bits per heavy atom. The van der Waals surface area contributed by atoms with Crippen LogP contribution >= 0.6 is 35.6 Å². The lowest BCUT2D eigenvalue weighted by molar-refractivity contribution is -0.137. The van der Waals surface area contributed by atoms with Crippen molar-refractivity contribution in [2.45, 2.75) is 19.8 Å². The molecule has 0 saturated carbocycles. The molecule has 1 aliphatic rings. The Hall–Kier alpha value is -3.14. The maximum atomic E-state index is 13.0. The Bertz CT molecular complexity index is 1310. The van der Waals surface area contributed by atoms with Crippen LogP contribution in [0.15, 0.2) is 59.6 Å². The molecule has 7 nitrogen and oxygen atoms in total. The fourth-order valence-corrected chi connectivity index (χ4v) is 5.11. The zero-order chi connectivity index (χ0) is 24.9. The average molecular weight is 528 g/mol. The topological polar surface area (TPSA) is 84.7 Å². The average Bonchev–Trinajstić information content (AvgIpc) is 3.37. The molecule has 1 N–H and O–H groups in total. The molecule has 180 valence electrons. The SMILES string of the molecule is CCOc1ccc(-c2nn(-c3ccccc3)cc2C=C2SC(=S)N(CCCC(=O)O)C2=O)cc1Cl. The van der Waals surface area contributed by atoms with Crippen molar-refractivity contribution >= 4 is 57.9 Å². The van der Waals surface area contributed by atoms with Gasteiger partial charge in [-0.25, -0.2) is 4.68 Å². The first-order chi connectivity index (χ1) is 16.9. The molecule has 0 spiro atoms. The van der Waals surface area contributed by atoms with E-state index in [9.17, 15) is 9.59 Å². The Labute approximate surface area is 217 Å². The van der Waals surface area contributed by atoms with Crippen LogP contribution in [0.1, 0.15) is 25.3 Å². The summed E-state index contributed by atoms with van der Waals surface area (Å²) >= 11 is 13.0. The van der Waals surface area contributed by atoms with E-state index in [4.69, 9.17) is 38.8 Å². The van der Waals surface area contributed by atoms with Gasteiger partial charge in [0.15, 0.2) is 0 Å². The van der Waals surface area contributed by atoms with Crippen LogP contribution in [0.3, 0.4) is 0 Å². The van der Waals surface area contributed by atoms with Gasteiger partial charge >= 0.3 is 5.97 Å². The summed E-state index contributed by atoms with van der Waals surface area (Å²) in [4.78, 5) is 25.8. The van der Waals surface area contributed by atoms with E-state index in [1.807, 2.05) is 49.5 Å². The van der Waals surface area contributed by atoms with Crippen molar-refractivity contribution in [2.24, 2.45) is 0 Å². The third-order valence-corrected chi connectivity index (χ3v) is 6.87. The number of rotatable bonds is 9. The minimum absolute atomic E-state index is 0.0252. The molecule has 1 amide bonds. The minimum atomic E-state index is -0.905. The maximum Gasteiger partial charge on any atom is 0.303 e. The summed E-state index contributed by atoms with van der Waals surface area (Å²) in [5, 5.41) is 14.1. The van der Waals surface area contributed by atoms with Gasteiger partial charge in [-0.05, 0) is 49.8 Å². The fourth-order valence-electron chi connectivity index (χ4n) is 3.57. The smallest absolute Gasteiger partial charge is 0.303 e. The van der Waals surface area contributed by atoms with Crippen molar-refractivity contribution < 1.29 is 19.4 Å². The lowest BCUT2D eigenvalue weighted by Crippen LogP contribution is -2.29. The lowest BCUT2D eigenvalue weighted by Gasteiger charge is -2.13. The third-order valence-electron chi connectivity index (χ3n) is 5.20. The normalized spacial score (nSPS) is 14.7. The number of amides is 1. The van der Waals surface area contributed by atoms with Gasteiger partial charge in [-0.2, -0.15) is 5.10 Å². The highest BCUT2D eigenvalue weighted by molar-refractivity contribution is 8.26. The highest BCUT2D eigenvalue weighted by Gasteiger charge is 2.32. The van der Waals surface area contributed by atoms with Crippen LogP contribution in [0, 0.1) is 0 Å². The van der Waals surface area contributed by atoms with Crippen molar-refractivity contribution in [1.82, 2.24) is 14.7 Å². The van der Waals surface area contributed by atoms with Gasteiger partial charge in [-0.1, -0.05) is 53.8 Å². The Balaban J connectivity index is 1.71. The Morgan fingerprint density at radius 2 is 2.03 bits per heavy atom. The van der Waals surface area contributed by atoms with Gasteiger partial charge in [-0.3, -0.25) is 14.5 Å².